The van der Waals surface area contributed by atoms with Crippen LogP contribution < -0.4 is 11.5 Å². The van der Waals surface area contributed by atoms with Crippen molar-refractivity contribution in [3.8, 4) is 0 Å². The van der Waals surface area contributed by atoms with Crippen molar-refractivity contribution in [1.29, 1.82) is 0 Å². The van der Waals surface area contributed by atoms with Crippen LogP contribution in [-0.2, 0) is 22.6 Å². The summed E-state index contributed by atoms with van der Waals surface area (Å²) in [5, 5.41) is 19.7. The number of benzene rings is 1. The quantitative estimate of drug-likeness (QED) is 0.102. The third kappa shape index (κ3) is 19.1. The molecule has 1 unspecified atom stereocenters. The number of rotatable bonds is 24. The van der Waals surface area contributed by atoms with Crippen molar-refractivity contribution in [3.63, 3.8) is 0 Å². The second kappa shape index (κ2) is 19.2. The van der Waals surface area contributed by atoms with Crippen LogP contribution in [0.15, 0.2) is 36.1 Å². The number of aliphatic hydroxyl groups excluding tert-OH is 2. The smallest absolute Gasteiger partial charge is 0.0918 e. The SMILES string of the molecule is CCC(C)(N)CCN(CCC(C)(C)OCCO)Cc1ccc(CN(CC/C(O)=C/COC(C)(C)CC)CCC(C)(C)N)cc1. The Hall–Kier alpha value is -1.52. The summed E-state index contributed by atoms with van der Waals surface area (Å²) in [6, 6.07) is 8.90. The van der Waals surface area contributed by atoms with Crippen LogP contribution in [0.25, 0.3) is 0 Å². The molecular formula is C36H68N4O4. The van der Waals surface area contributed by atoms with Gasteiger partial charge in [0, 0.05) is 56.8 Å². The van der Waals surface area contributed by atoms with Gasteiger partial charge in [0.05, 0.1) is 36.8 Å². The first kappa shape index (κ1) is 40.5. The highest BCUT2D eigenvalue weighted by Gasteiger charge is 2.22. The normalized spacial score (nSPS) is 14.9. The van der Waals surface area contributed by atoms with Gasteiger partial charge in [-0.05, 0) is 97.8 Å². The summed E-state index contributed by atoms with van der Waals surface area (Å²) >= 11 is 0. The fourth-order valence-corrected chi connectivity index (χ4v) is 4.50. The number of hydrogen-bond donors (Lipinski definition) is 4. The highest BCUT2D eigenvalue weighted by atomic mass is 16.5. The third-order valence-electron chi connectivity index (χ3n) is 8.66. The number of ether oxygens (including phenoxy) is 2. The third-order valence-corrected chi connectivity index (χ3v) is 8.66. The fraction of sp³-hybridized carbons (Fsp3) is 0.778. The van der Waals surface area contributed by atoms with Gasteiger partial charge in [-0.15, -0.1) is 0 Å². The van der Waals surface area contributed by atoms with Gasteiger partial charge in [0.1, 0.15) is 0 Å². The number of nitrogens with two attached hydrogens (primary N) is 2. The van der Waals surface area contributed by atoms with Gasteiger partial charge in [0.25, 0.3) is 0 Å². The molecule has 0 aliphatic carbocycles. The lowest BCUT2D eigenvalue weighted by Gasteiger charge is -2.32. The van der Waals surface area contributed by atoms with Gasteiger partial charge in [-0.2, -0.15) is 0 Å². The van der Waals surface area contributed by atoms with E-state index in [2.05, 4.69) is 96.4 Å². The first-order chi connectivity index (χ1) is 20.4. The molecule has 1 aromatic rings. The van der Waals surface area contributed by atoms with E-state index in [1.807, 2.05) is 0 Å². The summed E-state index contributed by atoms with van der Waals surface area (Å²) in [7, 11) is 0. The molecule has 8 heteroatoms. The van der Waals surface area contributed by atoms with Crippen LogP contribution >= 0.6 is 0 Å². The lowest BCUT2D eigenvalue weighted by atomic mass is 9.95. The van der Waals surface area contributed by atoms with E-state index in [9.17, 15) is 10.2 Å². The van der Waals surface area contributed by atoms with Crippen LogP contribution in [0, 0.1) is 0 Å². The summed E-state index contributed by atoms with van der Waals surface area (Å²) in [6.07, 6.45) is 6.89. The monoisotopic (exact) mass is 621 g/mol. The molecule has 44 heavy (non-hydrogen) atoms. The van der Waals surface area contributed by atoms with E-state index in [0.29, 0.717) is 25.4 Å². The standard InChI is InChI=1S/C36H68N4O4/c1-10-34(5,6)43-26-17-32(42)16-21-39(22-18-33(3,4)37)28-30-12-14-31(15-13-30)29-40(24-20-36(9,38)11-2)23-19-35(7,8)44-27-25-41/h12-15,17,41-42H,10-11,16,18-29,37-38H2,1-9H3/b32-17-. The molecule has 1 atom stereocenters. The van der Waals surface area contributed by atoms with E-state index < -0.39 is 0 Å². The number of aliphatic hydroxyl groups is 2. The number of nitrogens with zero attached hydrogens (tertiary/aromatic N) is 2. The molecule has 0 saturated carbocycles. The minimum absolute atomic E-state index is 0.0350. The minimum atomic E-state index is -0.300. The topological polar surface area (TPSA) is 117 Å². The maximum atomic E-state index is 10.5. The molecule has 0 aliphatic heterocycles. The van der Waals surface area contributed by atoms with Crippen molar-refractivity contribution in [1.82, 2.24) is 9.80 Å². The molecule has 0 aliphatic rings. The van der Waals surface area contributed by atoms with Crippen LogP contribution in [0.5, 0.6) is 0 Å². The van der Waals surface area contributed by atoms with Crippen molar-refractivity contribution >= 4 is 0 Å². The number of hydrogen-bond acceptors (Lipinski definition) is 8. The van der Waals surface area contributed by atoms with Crippen molar-refractivity contribution in [2.75, 3.05) is 46.0 Å². The molecule has 0 heterocycles. The molecule has 0 fully saturated rings. The molecule has 0 amide bonds. The lowest BCUT2D eigenvalue weighted by Crippen LogP contribution is -2.41. The Kier molecular flexibility index (Phi) is 17.7. The molecule has 256 valence electrons. The highest BCUT2D eigenvalue weighted by Crippen LogP contribution is 2.20. The average Bonchev–Trinajstić information content (AvgIpc) is 2.95. The van der Waals surface area contributed by atoms with Crippen LogP contribution in [0.3, 0.4) is 0 Å². The van der Waals surface area contributed by atoms with E-state index in [1.54, 1.807) is 6.08 Å². The summed E-state index contributed by atoms with van der Waals surface area (Å²) in [5.74, 6) is 0.367. The molecule has 0 bridgehead atoms. The molecule has 0 aromatic heterocycles. The van der Waals surface area contributed by atoms with Gasteiger partial charge in [-0.1, -0.05) is 38.1 Å². The second-order valence-electron chi connectivity index (χ2n) is 14.8. The zero-order valence-corrected chi connectivity index (χ0v) is 29.8. The maximum absolute atomic E-state index is 10.5. The van der Waals surface area contributed by atoms with Gasteiger partial charge in [-0.3, -0.25) is 9.80 Å². The van der Waals surface area contributed by atoms with E-state index in [-0.39, 0.29) is 28.9 Å². The Morgan fingerprint density at radius 3 is 1.77 bits per heavy atom. The summed E-state index contributed by atoms with van der Waals surface area (Å²) in [4.78, 5) is 4.84. The zero-order chi connectivity index (χ0) is 33.4. The summed E-state index contributed by atoms with van der Waals surface area (Å²) in [5.41, 5.74) is 14.4. The Morgan fingerprint density at radius 2 is 1.27 bits per heavy atom. The van der Waals surface area contributed by atoms with E-state index in [4.69, 9.17) is 20.9 Å². The lowest BCUT2D eigenvalue weighted by molar-refractivity contribution is -0.0432. The van der Waals surface area contributed by atoms with E-state index >= 15 is 0 Å². The molecule has 0 spiro atoms. The summed E-state index contributed by atoms with van der Waals surface area (Å²) < 4.78 is 11.7. The van der Waals surface area contributed by atoms with Crippen molar-refractivity contribution in [3.05, 3.63) is 47.2 Å². The second-order valence-corrected chi connectivity index (χ2v) is 14.8. The molecule has 6 N–H and O–H groups in total. The van der Waals surface area contributed by atoms with E-state index in [1.165, 1.54) is 11.1 Å². The molecule has 1 rings (SSSR count). The molecule has 0 saturated heterocycles. The van der Waals surface area contributed by atoms with Crippen molar-refractivity contribution < 1.29 is 19.7 Å². The van der Waals surface area contributed by atoms with E-state index in [0.717, 1.165) is 71.4 Å². The van der Waals surface area contributed by atoms with Gasteiger partial charge in [0.2, 0.25) is 0 Å². The first-order valence-electron chi connectivity index (χ1n) is 16.8. The molecule has 1 aromatic carbocycles. The maximum Gasteiger partial charge on any atom is 0.0918 e. The Morgan fingerprint density at radius 1 is 0.750 bits per heavy atom. The predicted octanol–water partition coefficient (Wildman–Crippen LogP) is 6.15. The van der Waals surface area contributed by atoms with Crippen LogP contribution in [0.4, 0.5) is 0 Å². The molecular weight excluding hydrogens is 552 g/mol. The van der Waals surface area contributed by atoms with Crippen LogP contribution in [0.1, 0.15) is 112 Å². The fourth-order valence-electron chi connectivity index (χ4n) is 4.50. The summed E-state index contributed by atoms with van der Waals surface area (Å²) in [6.45, 7) is 24.6. The highest BCUT2D eigenvalue weighted by molar-refractivity contribution is 5.22. The average molecular weight is 621 g/mol. The van der Waals surface area contributed by atoms with Crippen LogP contribution in [0.2, 0.25) is 0 Å². The minimum Gasteiger partial charge on any atom is -0.513 e. The van der Waals surface area contributed by atoms with Gasteiger partial charge in [-0.25, -0.2) is 0 Å². The van der Waals surface area contributed by atoms with Gasteiger partial charge in [0.15, 0.2) is 0 Å². The van der Waals surface area contributed by atoms with Crippen molar-refractivity contribution in [2.45, 2.75) is 136 Å². The first-order valence-corrected chi connectivity index (χ1v) is 16.8. The molecule has 8 nitrogen and oxygen atoms in total. The Bertz CT molecular complexity index is 938. The van der Waals surface area contributed by atoms with Gasteiger partial charge < -0.3 is 31.2 Å². The largest absolute Gasteiger partial charge is 0.513 e. The Labute approximate surface area is 270 Å². The predicted molar refractivity (Wildman–Crippen MR) is 185 cm³/mol. The molecule has 0 radical (unpaired) electrons. The zero-order valence-electron chi connectivity index (χ0n) is 29.8. The van der Waals surface area contributed by atoms with Crippen molar-refractivity contribution in [2.24, 2.45) is 11.5 Å². The Balaban J connectivity index is 2.90. The van der Waals surface area contributed by atoms with Gasteiger partial charge >= 0.3 is 0 Å². The van der Waals surface area contributed by atoms with Crippen LogP contribution in [-0.4, -0.2) is 88.3 Å².